The van der Waals surface area contributed by atoms with Gasteiger partial charge in [-0.1, -0.05) is 66.7 Å². The lowest BCUT2D eigenvalue weighted by atomic mass is 10.0. The molecule has 0 unspecified atom stereocenters. The van der Waals surface area contributed by atoms with Gasteiger partial charge in [0.25, 0.3) is 0 Å². The van der Waals surface area contributed by atoms with Gasteiger partial charge in [-0.25, -0.2) is 0 Å². The van der Waals surface area contributed by atoms with Gasteiger partial charge in [0, 0.05) is 12.1 Å². The molecule has 0 spiro atoms. The Hall–Kier alpha value is -3.05. The summed E-state index contributed by atoms with van der Waals surface area (Å²) in [6.07, 6.45) is 3.52. The first-order valence-electron chi connectivity index (χ1n) is 7.83. The lowest BCUT2D eigenvalue weighted by Gasteiger charge is -2.24. The fourth-order valence-corrected chi connectivity index (χ4v) is 2.75. The van der Waals surface area contributed by atoms with E-state index in [1.165, 1.54) is 0 Å². The molecule has 0 aliphatic carbocycles. The molecule has 2 aromatic rings. The number of hydrogen-bond acceptors (Lipinski definition) is 3. The van der Waals surface area contributed by atoms with Gasteiger partial charge in [0.05, 0.1) is 5.70 Å². The summed E-state index contributed by atoms with van der Waals surface area (Å²) in [4.78, 5) is 14.7. The van der Waals surface area contributed by atoms with Crippen molar-refractivity contribution in [2.75, 3.05) is 6.54 Å². The molecule has 1 aliphatic heterocycles. The predicted molar refractivity (Wildman–Crippen MR) is 105 cm³/mol. The maximum Gasteiger partial charge on any atom is 0.213 e. The van der Waals surface area contributed by atoms with Crippen LogP contribution < -0.4 is 5.43 Å². The van der Waals surface area contributed by atoms with Gasteiger partial charge < -0.3 is 4.90 Å². The number of ketones is 1. The zero-order chi connectivity index (χ0) is 17.6. The van der Waals surface area contributed by atoms with E-state index < -0.39 is 0 Å². The van der Waals surface area contributed by atoms with Crippen LogP contribution in [-0.2, 0) is 0 Å². The Morgan fingerprint density at radius 3 is 2.40 bits per heavy atom. The van der Waals surface area contributed by atoms with E-state index >= 15 is 0 Å². The van der Waals surface area contributed by atoms with E-state index in [-0.39, 0.29) is 5.78 Å². The normalized spacial score (nSPS) is 14.1. The number of carbonyl (C=O) groups is 1. The molecular weight excluding hydrogens is 330 g/mol. The first-order chi connectivity index (χ1) is 12.2. The van der Waals surface area contributed by atoms with Crippen molar-refractivity contribution in [2.45, 2.75) is 0 Å². The second-order valence-corrected chi connectivity index (χ2v) is 5.79. The fraction of sp³-hybridized carbons (Fsp3) is 0.0500. The van der Waals surface area contributed by atoms with Gasteiger partial charge in [-0.3, -0.25) is 10.2 Å². The monoisotopic (exact) mass is 347 g/mol. The molecule has 25 heavy (non-hydrogen) atoms. The topological polar surface area (TPSA) is 44.7 Å². The summed E-state index contributed by atoms with van der Waals surface area (Å²) < 4.78 is 0. The van der Waals surface area contributed by atoms with Crippen LogP contribution in [0.25, 0.3) is 5.70 Å². The van der Waals surface area contributed by atoms with Crippen LogP contribution in [0.3, 0.4) is 0 Å². The zero-order valence-corrected chi connectivity index (χ0v) is 14.4. The average Bonchev–Trinajstić information content (AvgIpc) is 2.83. The SMILES string of the molecule is C=CCN1C(=S)NN=C(C(=O)c2ccccc2)C=C1c1ccccc1. The van der Waals surface area contributed by atoms with Crippen molar-refractivity contribution in [3.05, 3.63) is 90.5 Å². The summed E-state index contributed by atoms with van der Waals surface area (Å²) in [6, 6.07) is 18.8. The lowest BCUT2D eigenvalue weighted by Crippen LogP contribution is -2.35. The van der Waals surface area contributed by atoms with E-state index in [1.54, 1.807) is 24.3 Å². The van der Waals surface area contributed by atoms with Crippen molar-refractivity contribution in [3.63, 3.8) is 0 Å². The second-order valence-electron chi connectivity index (χ2n) is 5.40. The van der Waals surface area contributed by atoms with Crippen LogP contribution in [0.5, 0.6) is 0 Å². The number of Topliss-reactive ketones (excluding diaryl/α,β-unsaturated/α-hetero) is 1. The van der Waals surface area contributed by atoms with Crippen LogP contribution in [0, 0.1) is 0 Å². The van der Waals surface area contributed by atoms with Gasteiger partial charge in [0.2, 0.25) is 5.78 Å². The first-order valence-corrected chi connectivity index (χ1v) is 8.24. The van der Waals surface area contributed by atoms with Crippen molar-refractivity contribution < 1.29 is 4.79 Å². The van der Waals surface area contributed by atoms with E-state index in [9.17, 15) is 4.79 Å². The third kappa shape index (κ3) is 3.72. The minimum Gasteiger partial charge on any atom is -0.313 e. The highest BCUT2D eigenvalue weighted by Gasteiger charge is 2.22. The maximum absolute atomic E-state index is 12.8. The lowest BCUT2D eigenvalue weighted by molar-refractivity contribution is 0.106. The Morgan fingerprint density at radius 1 is 1.12 bits per heavy atom. The summed E-state index contributed by atoms with van der Waals surface area (Å²) in [5.74, 6) is -0.162. The highest BCUT2D eigenvalue weighted by atomic mass is 32.1. The van der Waals surface area contributed by atoms with Crippen LogP contribution in [0.15, 0.2) is 84.5 Å². The summed E-state index contributed by atoms with van der Waals surface area (Å²) in [5, 5.41) is 4.63. The molecule has 0 fully saturated rings. The van der Waals surface area contributed by atoms with E-state index in [2.05, 4.69) is 17.1 Å². The maximum atomic E-state index is 12.8. The standard InChI is InChI=1S/C20H17N3OS/c1-2-13-23-18(15-9-5-3-6-10-15)14-17(21-22-20(23)25)19(24)16-11-7-4-8-12-16/h2-12,14H,1,13H2,(H,22,25). The highest BCUT2D eigenvalue weighted by Crippen LogP contribution is 2.22. The Kier molecular flexibility index (Phi) is 5.16. The zero-order valence-electron chi connectivity index (χ0n) is 13.6. The summed E-state index contributed by atoms with van der Waals surface area (Å²) >= 11 is 5.42. The number of nitrogens with one attached hydrogen (secondary N) is 1. The van der Waals surface area contributed by atoms with Crippen molar-refractivity contribution in [1.82, 2.24) is 10.3 Å². The number of hydrogen-bond donors (Lipinski definition) is 1. The van der Waals surface area contributed by atoms with E-state index in [0.29, 0.717) is 22.9 Å². The highest BCUT2D eigenvalue weighted by molar-refractivity contribution is 7.80. The number of benzene rings is 2. The van der Waals surface area contributed by atoms with Crippen LogP contribution in [0.1, 0.15) is 15.9 Å². The Labute approximate surface area is 152 Å². The number of carbonyl (C=O) groups excluding carboxylic acids is 1. The Morgan fingerprint density at radius 2 is 1.76 bits per heavy atom. The molecule has 4 nitrogen and oxygen atoms in total. The summed E-state index contributed by atoms with van der Waals surface area (Å²) in [7, 11) is 0. The molecule has 5 heteroatoms. The molecule has 0 saturated carbocycles. The molecule has 1 aliphatic rings. The van der Waals surface area contributed by atoms with Crippen molar-refractivity contribution in [2.24, 2.45) is 5.10 Å². The Bertz CT molecular complexity index is 857. The molecule has 0 atom stereocenters. The molecule has 1 heterocycles. The molecule has 124 valence electrons. The number of allylic oxidation sites excluding steroid dienone is 1. The van der Waals surface area contributed by atoms with Gasteiger partial charge in [-0.15, -0.1) is 6.58 Å². The quantitative estimate of drug-likeness (QED) is 0.509. The number of nitrogens with zero attached hydrogens (tertiary/aromatic N) is 2. The van der Waals surface area contributed by atoms with Crippen molar-refractivity contribution >= 4 is 34.5 Å². The third-order valence-corrected chi connectivity index (χ3v) is 4.04. The third-order valence-electron chi connectivity index (χ3n) is 3.73. The number of thiocarbonyl (C=S) groups is 1. The van der Waals surface area contributed by atoms with Crippen molar-refractivity contribution in [1.29, 1.82) is 0 Å². The minimum atomic E-state index is -0.162. The molecule has 1 N–H and O–H groups in total. The fourth-order valence-electron chi connectivity index (χ4n) is 2.53. The molecule has 0 aromatic heterocycles. The van der Waals surface area contributed by atoms with Gasteiger partial charge in [0.1, 0.15) is 5.71 Å². The first kappa shape index (κ1) is 16.8. The van der Waals surface area contributed by atoms with Gasteiger partial charge >= 0.3 is 0 Å². The van der Waals surface area contributed by atoms with E-state index in [0.717, 1.165) is 11.3 Å². The van der Waals surface area contributed by atoms with Crippen molar-refractivity contribution in [3.8, 4) is 0 Å². The summed E-state index contributed by atoms with van der Waals surface area (Å²) in [6.45, 7) is 4.30. The van der Waals surface area contributed by atoms with E-state index in [4.69, 9.17) is 12.2 Å². The molecule has 0 bridgehead atoms. The van der Waals surface area contributed by atoms with Gasteiger partial charge in [-0.05, 0) is 23.9 Å². The molecule has 0 amide bonds. The minimum absolute atomic E-state index is 0.162. The molecular formula is C20H17N3OS. The van der Waals surface area contributed by atoms with E-state index in [1.807, 2.05) is 53.4 Å². The van der Waals surface area contributed by atoms with Gasteiger partial charge in [-0.2, -0.15) is 5.10 Å². The smallest absolute Gasteiger partial charge is 0.213 e. The van der Waals surface area contributed by atoms with Crippen LogP contribution in [0.2, 0.25) is 0 Å². The molecule has 0 radical (unpaired) electrons. The van der Waals surface area contributed by atoms with Gasteiger partial charge in [0.15, 0.2) is 5.11 Å². The van der Waals surface area contributed by atoms with Crippen LogP contribution in [0.4, 0.5) is 0 Å². The summed E-state index contributed by atoms with van der Waals surface area (Å²) in [5.41, 5.74) is 5.44. The van der Waals surface area contributed by atoms with Crippen LogP contribution in [-0.4, -0.2) is 28.1 Å². The largest absolute Gasteiger partial charge is 0.313 e. The predicted octanol–water partition coefficient (Wildman–Crippen LogP) is 3.64. The number of hydrazone groups is 1. The van der Waals surface area contributed by atoms with Crippen LogP contribution >= 0.6 is 12.2 Å². The average molecular weight is 347 g/mol. The molecule has 3 rings (SSSR count). The molecule has 0 saturated heterocycles. The number of rotatable bonds is 5. The second kappa shape index (κ2) is 7.68. The Balaban J connectivity index is 2.07. The molecule has 2 aromatic carbocycles.